The molecule has 0 bridgehead atoms. The third-order valence-corrected chi connectivity index (χ3v) is 28.0. The van der Waals surface area contributed by atoms with Crippen molar-refractivity contribution in [3.05, 3.63) is 130 Å². The van der Waals surface area contributed by atoms with E-state index in [1.165, 1.54) is 44.5 Å². The summed E-state index contributed by atoms with van der Waals surface area (Å²) in [7, 11) is 0. The maximum atomic E-state index is 13.7. The van der Waals surface area contributed by atoms with Crippen LogP contribution < -0.4 is 0 Å². The van der Waals surface area contributed by atoms with Gasteiger partial charge in [0.05, 0.1) is 0 Å². The molecule has 0 aromatic heterocycles. The summed E-state index contributed by atoms with van der Waals surface area (Å²) in [5, 5.41) is 0. The second-order valence-electron chi connectivity index (χ2n) is 10.7. The molecule has 6 rings (SSSR count). The van der Waals surface area contributed by atoms with Crippen molar-refractivity contribution < 1.29 is 29.1 Å². The standard InChI is InChI=1S/2C16H12F.C2H6Si.Zr/c2*1-11-9-13-3-2-4-15(16(13)10-11)12-5-7-14(17)8-6-12;1-3-2;/h2*2-10H,1H3;1-2H3;. The second kappa shape index (κ2) is 10.1. The Bertz CT molecular complexity index is 1540. The molecule has 0 saturated carbocycles. The van der Waals surface area contributed by atoms with Gasteiger partial charge in [0, 0.05) is 0 Å². The fourth-order valence-electron chi connectivity index (χ4n) is 6.44. The van der Waals surface area contributed by atoms with Crippen LogP contribution in [0.5, 0.6) is 0 Å². The van der Waals surface area contributed by atoms with Crippen LogP contribution in [0.3, 0.4) is 0 Å². The molecule has 2 atom stereocenters. The first-order valence-electron chi connectivity index (χ1n) is 13.1. The molecule has 0 amide bonds. The molecule has 2 aliphatic carbocycles. The Kier molecular flexibility index (Phi) is 6.82. The number of hydrogen-bond acceptors (Lipinski definition) is 0. The van der Waals surface area contributed by atoms with Gasteiger partial charge in [-0.2, -0.15) is 0 Å². The van der Waals surface area contributed by atoms with Crippen LogP contribution in [-0.4, -0.2) is 5.43 Å². The molecule has 2 aliphatic rings. The first-order valence-corrected chi connectivity index (χ1v) is 22.2. The molecule has 38 heavy (non-hydrogen) atoms. The molecule has 0 saturated heterocycles. The van der Waals surface area contributed by atoms with Gasteiger partial charge in [-0.15, -0.1) is 0 Å². The predicted molar refractivity (Wildman–Crippen MR) is 154 cm³/mol. The van der Waals surface area contributed by atoms with Crippen molar-refractivity contribution in [3.8, 4) is 22.3 Å². The summed E-state index contributed by atoms with van der Waals surface area (Å²) < 4.78 is 28.4. The summed E-state index contributed by atoms with van der Waals surface area (Å²) in [4.78, 5) is 0. The van der Waals surface area contributed by atoms with Crippen molar-refractivity contribution in [1.82, 2.24) is 0 Å². The van der Waals surface area contributed by atoms with Crippen LogP contribution in [-0.2, 0) is 20.4 Å². The van der Waals surface area contributed by atoms with Crippen LogP contribution in [0.2, 0.25) is 13.1 Å². The summed E-state index contributed by atoms with van der Waals surface area (Å²) >= 11 is -2.18. The molecule has 0 heterocycles. The average Bonchev–Trinajstić information content (AvgIpc) is 3.41. The molecule has 2 unspecified atom stereocenters. The van der Waals surface area contributed by atoms with E-state index in [0.717, 1.165) is 11.1 Å². The van der Waals surface area contributed by atoms with E-state index in [9.17, 15) is 8.78 Å². The number of halogens is 2. The third-order valence-electron chi connectivity index (χ3n) is 8.07. The van der Waals surface area contributed by atoms with Crippen molar-refractivity contribution in [3.63, 3.8) is 0 Å². The number of hydrogen-bond donors (Lipinski definition) is 0. The zero-order valence-corrected chi connectivity index (χ0v) is 25.6. The Labute approximate surface area is 232 Å². The van der Waals surface area contributed by atoms with Gasteiger partial charge >= 0.3 is 233 Å². The fourth-order valence-corrected chi connectivity index (χ4v) is 27.2. The van der Waals surface area contributed by atoms with Gasteiger partial charge in [0.1, 0.15) is 0 Å². The molecule has 0 aliphatic heterocycles. The summed E-state index contributed by atoms with van der Waals surface area (Å²) in [6, 6.07) is 27.2. The predicted octanol–water partition coefficient (Wildman–Crippen LogP) is 9.78. The van der Waals surface area contributed by atoms with Crippen LogP contribution >= 0.6 is 0 Å². The topological polar surface area (TPSA) is 0 Å². The van der Waals surface area contributed by atoms with Gasteiger partial charge in [-0.1, -0.05) is 0 Å². The van der Waals surface area contributed by atoms with E-state index >= 15 is 0 Å². The molecular weight excluding hydrogens is 566 g/mol. The zero-order chi connectivity index (χ0) is 26.6. The van der Waals surface area contributed by atoms with E-state index in [4.69, 9.17) is 0 Å². The Hall–Kier alpha value is -2.68. The molecule has 4 heteroatoms. The van der Waals surface area contributed by atoms with E-state index in [0.29, 0.717) is 7.25 Å². The number of benzene rings is 4. The Morgan fingerprint density at radius 2 is 0.974 bits per heavy atom. The Morgan fingerprint density at radius 1 is 0.579 bits per heavy atom. The van der Waals surface area contributed by atoms with Crippen LogP contribution in [0.15, 0.2) is 96.1 Å². The molecule has 0 spiro atoms. The van der Waals surface area contributed by atoms with Crippen molar-refractivity contribution in [2.75, 3.05) is 0 Å². The van der Waals surface area contributed by atoms with Gasteiger partial charge in [0.25, 0.3) is 0 Å². The summed E-state index contributed by atoms with van der Waals surface area (Å²) in [6.45, 7) is 9.72. The van der Waals surface area contributed by atoms with Crippen LogP contribution in [0.25, 0.3) is 34.4 Å². The van der Waals surface area contributed by atoms with Gasteiger partial charge in [-0.3, -0.25) is 0 Å². The zero-order valence-electron chi connectivity index (χ0n) is 22.1. The Morgan fingerprint density at radius 3 is 1.34 bits per heavy atom. The van der Waals surface area contributed by atoms with E-state index in [1.54, 1.807) is 24.3 Å². The van der Waals surface area contributed by atoms with Gasteiger partial charge in [0.2, 0.25) is 0 Å². The van der Waals surface area contributed by atoms with Crippen LogP contribution in [0, 0.1) is 11.6 Å². The monoisotopic (exact) mass is 594 g/mol. The van der Waals surface area contributed by atoms with E-state index in [1.807, 2.05) is 24.3 Å². The molecule has 0 N–H and O–H groups in total. The molecule has 0 nitrogen and oxygen atoms in total. The van der Waals surface area contributed by atoms with Crippen molar-refractivity contribution in [2.24, 2.45) is 0 Å². The summed E-state index contributed by atoms with van der Waals surface area (Å²) in [6.07, 6.45) is 4.82. The number of rotatable bonds is 4. The number of fused-ring (bicyclic) bond motifs is 2. The first kappa shape index (κ1) is 25.6. The molecular formula is C34H30F2SiZr. The maximum absolute atomic E-state index is 13.7. The minimum atomic E-state index is -2.18. The van der Waals surface area contributed by atoms with Gasteiger partial charge in [-0.25, -0.2) is 0 Å². The Balaban J connectivity index is 1.47. The molecule has 188 valence electrons. The average molecular weight is 596 g/mol. The van der Waals surface area contributed by atoms with Crippen molar-refractivity contribution in [1.29, 1.82) is 0 Å². The first-order chi connectivity index (χ1) is 18.3. The van der Waals surface area contributed by atoms with Gasteiger partial charge < -0.3 is 0 Å². The normalized spacial score (nSPS) is 17.5. The van der Waals surface area contributed by atoms with Crippen LogP contribution in [0.1, 0.15) is 43.4 Å². The van der Waals surface area contributed by atoms with Gasteiger partial charge in [-0.05, 0) is 0 Å². The molecule has 4 aromatic carbocycles. The molecule has 0 radical (unpaired) electrons. The van der Waals surface area contributed by atoms with E-state index < -0.39 is 25.8 Å². The third kappa shape index (κ3) is 4.36. The summed E-state index contributed by atoms with van der Waals surface area (Å²) in [5.74, 6) is -0.402. The molecule has 4 aromatic rings. The SMILES string of the molecule is CC1=Cc2c(-c3ccc(F)cc3)cccc2[CH]1[Zr]([CH]1C(C)=Cc2c(-c3ccc(F)cc3)cccc21)=[Si](C)C. The van der Waals surface area contributed by atoms with Crippen molar-refractivity contribution in [2.45, 2.75) is 34.2 Å². The fraction of sp³-hybridized carbons (Fsp3) is 0.176. The van der Waals surface area contributed by atoms with E-state index in [2.05, 4.69) is 75.5 Å². The summed E-state index contributed by atoms with van der Waals surface area (Å²) in [5.41, 5.74) is 12.6. The van der Waals surface area contributed by atoms with Crippen molar-refractivity contribution >= 4 is 17.6 Å². The van der Waals surface area contributed by atoms with Gasteiger partial charge in [0.15, 0.2) is 0 Å². The van der Waals surface area contributed by atoms with Crippen LogP contribution in [0.4, 0.5) is 8.78 Å². The van der Waals surface area contributed by atoms with E-state index in [-0.39, 0.29) is 11.6 Å². The number of allylic oxidation sites excluding steroid dienone is 2. The minimum absolute atomic E-state index is 0.201. The second-order valence-corrected chi connectivity index (χ2v) is 28.6. The molecule has 0 fully saturated rings. The quantitative estimate of drug-likeness (QED) is 0.206.